The summed E-state index contributed by atoms with van der Waals surface area (Å²) in [5.74, 6) is -4.63. The molecule has 1 aromatic rings. The molecule has 1 saturated carbocycles. The van der Waals surface area contributed by atoms with E-state index in [1.165, 1.54) is 0 Å². The van der Waals surface area contributed by atoms with Crippen LogP contribution in [0.25, 0.3) is 0 Å². The number of aromatic nitrogens is 1. The summed E-state index contributed by atoms with van der Waals surface area (Å²) in [5.41, 5.74) is -0.882. The first-order valence-corrected chi connectivity index (χ1v) is 5.07. The Balaban J connectivity index is 2.27. The van der Waals surface area contributed by atoms with Gasteiger partial charge in [-0.2, -0.15) is 0 Å². The van der Waals surface area contributed by atoms with E-state index in [1.54, 1.807) is 6.92 Å². The topological polar surface area (TPSA) is 52.3 Å². The average Bonchev–Trinajstić information content (AvgIpc) is 2.96. The lowest BCUT2D eigenvalue weighted by Crippen LogP contribution is -2.20. The fourth-order valence-electron chi connectivity index (χ4n) is 1.49. The molecule has 0 amide bonds. The zero-order valence-electron chi connectivity index (χ0n) is 8.70. The summed E-state index contributed by atoms with van der Waals surface area (Å²) >= 11 is 0. The van der Waals surface area contributed by atoms with E-state index < -0.39 is 29.1 Å². The molecule has 1 heterocycles. The van der Waals surface area contributed by atoms with Crippen molar-refractivity contribution >= 4 is 5.97 Å². The van der Waals surface area contributed by atoms with Crippen molar-refractivity contribution in [3.8, 4) is 0 Å². The van der Waals surface area contributed by atoms with E-state index in [1.807, 2.05) is 0 Å². The maximum Gasteiger partial charge on any atom is 0.361 e. The van der Waals surface area contributed by atoms with Crippen molar-refractivity contribution in [1.82, 2.24) is 5.16 Å². The summed E-state index contributed by atoms with van der Waals surface area (Å²) in [6.45, 7) is 1.71. The van der Waals surface area contributed by atoms with Gasteiger partial charge in [-0.3, -0.25) is 0 Å². The van der Waals surface area contributed by atoms with Crippen LogP contribution in [0.4, 0.5) is 8.78 Å². The number of ether oxygens (including phenoxy) is 1. The zero-order chi connectivity index (χ0) is 11.8. The summed E-state index contributed by atoms with van der Waals surface area (Å²) in [5, 5.41) is 3.28. The van der Waals surface area contributed by atoms with E-state index in [0.29, 0.717) is 12.8 Å². The zero-order valence-corrected chi connectivity index (χ0v) is 8.70. The molecule has 88 valence electrons. The number of carbonyl (C=O) groups is 1. The highest BCUT2D eigenvalue weighted by molar-refractivity contribution is 5.88. The maximum atomic E-state index is 13.7. The number of hydrogen-bond donors (Lipinski definition) is 0. The Kier molecular flexibility index (Phi) is 2.65. The molecule has 1 aliphatic carbocycles. The van der Waals surface area contributed by atoms with E-state index in [0.717, 1.165) is 6.26 Å². The fraction of sp³-hybridized carbons (Fsp3) is 0.600. The lowest BCUT2D eigenvalue weighted by atomic mass is 10.1. The number of alkyl halides is 2. The minimum Gasteiger partial charge on any atom is -0.461 e. The van der Waals surface area contributed by atoms with Crippen LogP contribution in [0, 0.1) is 5.92 Å². The van der Waals surface area contributed by atoms with Gasteiger partial charge in [0, 0.05) is 5.92 Å². The molecular formula is C10H11F2NO3. The van der Waals surface area contributed by atoms with E-state index in [-0.39, 0.29) is 6.61 Å². The van der Waals surface area contributed by atoms with Crippen molar-refractivity contribution in [2.45, 2.75) is 25.7 Å². The Morgan fingerprint density at radius 3 is 2.94 bits per heavy atom. The molecule has 1 aromatic heterocycles. The van der Waals surface area contributed by atoms with Crippen LogP contribution >= 0.6 is 0 Å². The van der Waals surface area contributed by atoms with Crippen LogP contribution in [0.15, 0.2) is 10.8 Å². The molecule has 6 heteroatoms. The molecule has 0 aromatic carbocycles. The van der Waals surface area contributed by atoms with Gasteiger partial charge in [-0.15, -0.1) is 0 Å². The molecule has 16 heavy (non-hydrogen) atoms. The normalized spacial score (nSPS) is 16.2. The van der Waals surface area contributed by atoms with Crippen molar-refractivity contribution in [3.05, 3.63) is 17.5 Å². The van der Waals surface area contributed by atoms with Crippen molar-refractivity contribution in [2.75, 3.05) is 6.61 Å². The first kappa shape index (κ1) is 11.0. The van der Waals surface area contributed by atoms with Crippen LogP contribution in [0.5, 0.6) is 0 Å². The van der Waals surface area contributed by atoms with Crippen molar-refractivity contribution in [1.29, 1.82) is 0 Å². The highest BCUT2D eigenvalue weighted by Gasteiger charge is 2.51. The molecule has 0 aliphatic heterocycles. The summed E-state index contributed by atoms with van der Waals surface area (Å²) < 4.78 is 36.5. The van der Waals surface area contributed by atoms with E-state index in [2.05, 4.69) is 14.4 Å². The van der Waals surface area contributed by atoms with Gasteiger partial charge in [-0.1, -0.05) is 5.16 Å². The van der Waals surface area contributed by atoms with Crippen LogP contribution in [0.2, 0.25) is 0 Å². The first-order valence-electron chi connectivity index (χ1n) is 5.07. The molecule has 0 radical (unpaired) electrons. The van der Waals surface area contributed by atoms with E-state index >= 15 is 0 Å². The van der Waals surface area contributed by atoms with Gasteiger partial charge in [0.25, 0.3) is 5.92 Å². The highest BCUT2D eigenvalue weighted by atomic mass is 19.3. The Morgan fingerprint density at radius 2 is 2.38 bits per heavy atom. The van der Waals surface area contributed by atoms with Gasteiger partial charge in [-0.05, 0) is 19.8 Å². The van der Waals surface area contributed by atoms with Crippen molar-refractivity contribution < 1.29 is 22.8 Å². The molecule has 1 aliphatic rings. The quantitative estimate of drug-likeness (QED) is 0.746. The largest absolute Gasteiger partial charge is 0.461 e. The molecule has 0 atom stereocenters. The summed E-state index contributed by atoms with van der Waals surface area (Å²) in [6, 6.07) is 0. The number of rotatable bonds is 4. The minimum absolute atomic E-state index is 0.111. The molecule has 0 spiro atoms. The van der Waals surface area contributed by atoms with Crippen LogP contribution < -0.4 is 0 Å². The predicted molar refractivity (Wildman–Crippen MR) is 49.1 cm³/mol. The molecule has 0 unspecified atom stereocenters. The Labute approximate surface area is 90.6 Å². The Hall–Kier alpha value is -1.46. The lowest BCUT2D eigenvalue weighted by Gasteiger charge is -2.13. The number of carbonyl (C=O) groups excluding carboxylic acids is 1. The molecule has 0 saturated heterocycles. The third kappa shape index (κ3) is 1.79. The van der Waals surface area contributed by atoms with E-state index in [9.17, 15) is 13.6 Å². The first-order chi connectivity index (χ1) is 7.57. The van der Waals surface area contributed by atoms with Gasteiger partial charge in [0.05, 0.1) is 12.2 Å². The number of nitrogens with zero attached hydrogens (tertiary/aromatic N) is 1. The Bertz CT molecular complexity index is 399. The molecule has 1 fully saturated rings. The monoisotopic (exact) mass is 231 g/mol. The fourth-order valence-corrected chi connectivity index (χ4v) is 1.49. The highest BCUT2D eigenvalue weighted by Crippen LogP contribution is 2.50. The molecule has 0 bridgehead atoms. The van der Waals surface area contributed by atoms with Gasteiger partial charge >= 0.3 is 5.97 Å². The van der Waals surface area contributed by atoms with Gasteiger partial charge < -0.3 is 9.26 Å². The third-order valence-electron chi connectivity index (χ3n) is 2.49. The standard InChI is InChI=1S/C10H11F2NO3/c1-2-15-9(14)8-7(5-16-13-8)10(11,12)6-3-4-6/h5-6H,2-4H2,1H3. The summed E-state index contributed by atoms with van der Waals surface area (Å²) in [6.07, 6.45) is 1.74. The lowest BCUT2D eigenvalue weighted by molar-refractivity contribution is -0.0303. The smallest absolute Gasteiger partial charge is 0.361 e. The second-order valence-corrected chi connectivity index (χ2v) is 3.69. The number of hydrogen-bond acceptors (Lipinski definition) is 4. The van der Waals surface area contributed by atoms with Gasteiger partial charge in [-0.25, -0.2) is 13.6 Å². The molecule has 2 rings (SSSR count). The second kappa shape index (κ2) is 3.84. The van der Waals surface area contributed by atoms with Crippen molar-refractivity contribution in [3.63, 3.8) is 0 Å². The summed E-state index contributed by atoms with van der Waals surface area (Å²) in [7, 11) is 0. The predicted octanol–water partition coefficient (Wildman–Crippen LogP) is 2.35. The average molecular weight is 231 g/mol. The second-order valence-electron chi connectivity index (χ2n) is 3.69. The van der Waals surface area contributed by atoms with E-state index in [4.69, 9.17) is 0 Å². The van der Waals surface area contributed by atoms with Gasteiger partial charge in [0.2, 0.25) is 5.69 Å². The molecule has 0 N–H and O–H groups in total. The minimum atomic E-state index is -3.05. The van der Waals surface area contributed by atoms with Crippen LogP contribution in [0.1, 0.15) is 35.8 Å². The van der Waals surface area contributed by atoms with Gasteiger partial charge in [0.1, 0.15) is 6.26 Å². The SMILES string of the molecule is CCOC(=O)c1nocc1C(F)(F)C1CC1. The van der Waals surface area contributed by atoms with Crippen molar-refractivity contribution in [2.24, 2.45) is 5.92 Å². The molecular weight excluding hydrogens is 220 g/mol. The third-order valence-corrected chi connectivity index (χ3v) is 2.49. The van der Waals surface area contributed by atoms with Crippen LogP contribution in [-0.2, 0) is 10.7 Å². The van der Waals surface area contributed by atoms with Crippen LogP contribution in [0.3, 0.4) is 0 Å². The van der Waals surface area contributed by atoms with Crippen LogP contribution in [-0.4, -0.2) is 17.7 Å². The number of halogens is 2. The Morgan fingerprint density at radius 1 is 1.69 bits per heavy atom. The maximum absolute atomic E-state index is 13.7. The number of esters is 1. The molecule has 4 nitrogen and oxygen atoms in total. The summed E-state index contributed by atoms with van der Waals surface area (Å²) in [4.78, 5) is 11.3. The van der Waals surface area contributed by atoms with Gasteiger partial charge in [0.15, 0.2) is 0 Å².